The second-order valence-corrected chi connectivity index (χ2v) is 6.01. The first-order valence-corrected chi connectivity index (χ1v) is 7.85. The zero-order chi connectivity index (χ0) is 15.4. The van der Waals surface area contributed by atoms with E-state index in [1.165, 1.54) is 10.9 Å². The molecule has 1 aromatic heterocycles. The summed E-state index contributed by atoms with van der Waals surface area (Å²) in [4.78, 5) is 2.08. The normalized spacial score (nSPS) is 12.6. The Labute approximate surface area is 126 Å². The third-order valence-electron chi connectivity index (χ3n) is 3.29. The fourth-order valence-corrected chi connectivity index (χ4v) is 3.20. The minimum atomic E-state index is -1.41. The van der Waals surface area contributed by atoms with Gasteiger partial charge in [-0.15, -0.1) is 11.3 Å². The first kappa shape index (κ1) is 16.0. The van der Waals surface area contributed by atoms with Crippen LogP contribution in [0.15, 0.2) is 24.3 Å². The molecule has 1 N–H and O–H groups in total. The molecule has 21 heavy (non-hydrogen) atoms. The van der Waals surface area contributed by atoms with Gasteiger partial charge in [-0.3, -0.25) is 0 Å². The molecule has 1 heterocycles. The van der Waals surface area contributed by atoms with E-state index in [9.17, 15) is 13.2 Å². The van der Waals surface area contributed by atoms with Crippen molar-refractivity contribution in [3.05, 3.63) is 57.0 Å². The van der Waals surface area contributed by atoms with Gasteiger partial charge in [0.25, 0.3) is 0 Å². The van der Waals surface area contributed by atoms with Crippen LogP contribution in [-0.4, -0.2) is 6.54 Å². The Morgan fingerprint density at radius 1 is 1.05 bits per heavy atom. The Morgan fingerprint density at radius 2 is 1.81 bits per heavy atom. The van der Waals surface area contributed by atoms with Crippen LogP contribution in [0.3, 0.4) is 0 Å². The fraction of sp³-hybridized carbons (Fsp3) is 0.375. The molecule has 0 aliphatic heterocycles. The number of rotatable bonds is 6. The minimum absolute atomic E-state index is 0.145. The fourth-order valence-electron chi connectivity index (χ4n) is 2.16. The average molecular weight is 313 g/mol. The van der Waals surface area contributed by atoms with Crippen LogP contribution in [0.4, 0.5) is 13.2 Å². The van der Waals surface area contributed by atoms with Crippen LogP contribution in [0.2, 0.25) is 0 Å². The molecule has 0 bridgehead atoms. The molecule has 0 amide bonds. The van der Waals surface area contributed by atoms with Crippen LogP contribution in [0, 0.1) is 17.5 Å². The standard InChI is InChI=1S/C16H18F3NS/c1-3-9-20-16(13-8-5-10(4-2)21-13)11-6-7-12(17)15(19)14(11)18/h5-8,16,20H,3-4,9H2,1-2H3. The van der Waals surface area contributed by atoms with Crippen LogP contribution < -0.4 is 5.32 Å². The van der Waals surface area contributed by atoms with Crippen molar-refractivity contribution < 1.29 is 13.2 Å². The summed E-state index contributed by atoms with van der Waals surface area (Å²) in [6.45, 7) is 4.71. The van der Waals surface area contributed by atoms with Gasteiger partial charge in [0.15, 0.2) is 17.5 Å². The van der Waals surface area contributed by atoms with Crippen LogP contribution in [0.25, 0.3) is 0 Å². The molecule has 2 aromatic rings. The highest BCUT2D eigenvalue weighted by Gasteiger charge is 2.23. The molecule has 0 radical (unpaired) electrons. The van der Waals surface area contributed by atoms with Crippen molar-refractivity contribution in [2.45, 2.75) is 32.7 Å². The van der Waals surface area contributed by atoms with E-state index in [2.05, 4.69) is 5.32 Å². The molecule has 0 aliphatic rings. The van der Waals surface area contributed by atoms with E-state index in [-0.39, 0.29) is 5.56 Å². The van der Waals surface area contributed by atoms with Crippen LogP contribution >= 0.6 is 11.3 Å². The van der Waals surface area contributed by atoms with Crippen molar-refractivity contribution in [1.82, 2.24) is 5.32 Å². The Morgan fingerprint density at radius 3 is 2.43 bits per heavy atom. The van der Waals surface area contributed by atoms with Crippen molar-refractivity contribution in [3.8, 4) is 0 Å². The van der Waals surface area contributed by atoms with Crippen LogP contribution in [-0.2, 0) is 6.42 Å². The van der Waals surface area contributed by atoms with Crippen molar-refractivity contribution in [3.63, 3.8) is 0 Å². The molecule has 0 aliphatic carbocycles. The van der Waals surface area contributed by atoms with Gasteiger partial charge >= 0.3 is 0 Å². The molecule has 0 fully saturated rings. The number of nitrogens with one attached hydrogen (secondary N) is 1. The Kier molecular flexibility index (Phi) is 5.42. The average Bonchev–Trinajstić information content (AvgIpc) is 2.96. The Bertz CT molecular complexity index is 610. The van der Waals surface area contributed by atoms with E-state index in [0.29, 0.717) is 6.54 Å². The number of hydrogen-bond acceptors (Lipinski definition) is 2. The predicted molar refractivity (Wildman–Crippen MR) is 80.1 cm³/mol. The van der Waals surface area contributed by atoms with Gasteiger partial charge < -0.3 is 5.32 Å². The zero-order valence-corrected chi connectivity index (χ0v) is 12.9. The highest BCUT2D eigenvalue weighted by Crippen LogP contribution is 2.31. The van der Waals surface area contributed by atoms with Crippen molar-refractivity contribution in [2.75, 3.05) is 6.54 Å². The first-order valence-electron chi connectivity index (χ1n) is 7.03. The molecule has 5 heteroatoms. The minimum Gasteiger partial charge on any atom is -0.306 e. The number of hydrogen-bond donors (Lipinski definition) is 1. The maximum Gasteiger partial charge on any atom is 0.194 e. The van der Waals surface area contributed by atoms with E-state index >= 15 is 0 Å². The van der Waals surface area contributed by atoms with Gasteiger partial charge in [-0.1, -0.05) is 19.9 Å². The third-order valence-corrected chi connectivity index (χ3v) is 4.58. The highest BCUT2D eigenvalue weighted by atomic mass is 32.1. The van der Waals surface area contributed by atoms with E-state index in [0.717, 1.165) is 23.8 Å². The largest absolute Gasteiger partial charge is 0.306 e. The molecule has 0 spiro atoms. The topological polar surface area (TPSA) is 12.0 Å². The van der Waals surface area contributed by atoms with E-state index in [1.54, 1.807) is 11.3 Å². The van der Waals surface area contributed by atoms with Gasteiger partial charge in [0.1, 0.15) is 0 Å². The number of halogens is 3. The smallest absolute Gasteiger partial charge is 0.194 e. The van der Waals surface area contributed by atoms with Gasteiger partial charge in [0.2, 0.25) is 0 Å². The molecule has 0 saturated heterocycles. The molecule has 1 aromatic carbocycles. The molecular weight excluding hydrogens is 295 g/mol. The number of thiophene rings is 1. The van der Waals surface area contributed by atoms with Gasteiger partial charge in [0.05, 0.1) is 6.04 Å². The second-order valence-electron chi connectivity index (χ2n) is 4.81. The third kappa shape index (κ3) is 3.47. The lowest BCUT2D eigenvalue weighted by Gasteiger charge is -2.18. The summed E-state index contributed by atoms with van der Waals surface area (Å²) in [5.74, 6) is -3.69. The number of aryl methyl sites for hydroxylation is 1. The molecule has 1 nitrogen and oxygen atoms in total. The number of benzene rings is 1. The summed E-state index contributed by atoms with van der Waals surface area (Å²) in [7, 11) is 0. The van der Waals surface area contributed by atoms with Gasteiger partial charge in [-0.05, 0) is 37.6 Å². The summed E-state index contributed by atoms with van der Waals surface area (Å²) < 4.78 is 40.7. The maximum atomic E-state index is 14.1. The first-order chi connectivity index (χ1) is 10.1. The SMILES string of the molecule is CCCNC(c1ccc(CC)s1)c1ccc(F)c(F)c1F. The Hall–Kier alpha value is -1.33. The Balaban J connectivity index is 2.42. The van der Waals surface area contributed by atoms with Gasteiger partial charge in [0, 0.05) is 15.3 Å². The molecule has 114 valence electrons. The van der Waals surface area contributed by atoms with E-state index < -0.39 is 23.5 Å². The zero-order valence-electron chi connectivity index (χ0n) is 12.1. The highest BCUT2D eigenvalue weighted by molar-refractivity contribution is 7.12. The van der Waals surface area contributed by atoms with Crippen molar-refractivity contribution >= 4 is 11.3 Å². The quantitative estimate of drug-likeness (QED) is 0.754. The molecule has 1 atom stereocenters. The summed E-state index contributed by atoms with van der Waals surface area (Å²) in [6.07, 6.45) is 1.76. The summed E-state index contributed by atoms with van der Waals surface area (Å²) in [5, 5.41) is 3.21. The van der Waals surface area contributed by atoms with Crippen LogP contribution in [0.1, 0.15) is 41.6 Å². The van der Waals surface area contributed by atoms with Crippen LogP contribution in [0.5, 0.6) is 0 Å². The van der Waals surface area contributed by atoms with Gasteiger partial charge in [-0.25, -0.2) is 13.2 Å². The molecular formula is C16H18F3NS. The maximum absolute atomic E-state index is 14.1. The lowest BCUT2D eigenvalue weighted by atomic mass is 10.0. The second kappa shape index (κ2) is 7.09. The van der Waals surface area contributed by atoms with Crippen molar-refractivity contribution in [1.29, 1.82) is 0 Å². The lowest BCUT2D eigenvalue weighted by molar-refractivity contribution is 0.433. The van der Waals surface area contributed by atoms with E-state index in [1.807, 2.05) is 26.0 Å². The van der Waals surface area contributed by atoms with E-state index in [4.69, 9.17) is 0 Å². The van der Waals surface area contributed by atoms with Crippen molar-refractivity contribution in [2.24, 2.45) is 0 Å². The van der Waals surface area contributed by atoms with Gasteiger partial charge in [-0.2, -0.15) is 0 Å². The summed E-state index contributed by atoms with van der Waals surface area (Å²) >= 11 is 1.56. The lowest BCUT2D eigenvalue weighted by Crippen LogP contribution is -2.24. The molecule has 0 saturated carbocycles. The molecule has 1 unspecified atom stereocenters. The summed E-state index contributed by atoms with van der Waals surface area (Å²) in [6, 6.07) is 5.73. The predicted octanol–water partition coefficient (Wildman–Crippen LogP) is 4.82. The molecule has 2 rings (SSSR count). The monoisotopic (exact) mass is 313 g/mol. The summed E-state index contributed by atoms with van der Waals surface area (Å²) in [5.41, 5.74) is 0.145.